The minimum Gasteiger partial charge on any atom is -0.456 e. The van der Waals surface area contributed by atoms with Gasteiger partial charge < -0.3 is 29.0 Å². The molecule has 0 aromatic carbocycles. The maximum atomic E-state index is 12.4. The first-order valence-electron chi connectivity index (χ1n) is 13.9. The summed E-state index contributed by atoms with van der Waals surface area (Å²) in [5.41, 5.74) is -0.599. The van der Waals surface area contributed by atoms with Crippen molar-refractivity contribution in [1.29, 1.82) is 0 Å². The van der Waals surface area contributed by atoms with Crippen molar-refractivity contribution in [3.05, 3.63) is 0 Å². The molecule has 1 aliphatic heterocycles. The Bertz CT molecular complexity index is 753. The third-order valence-corrected chi connectivity index (χ3v) is 7.36. The third-order valence-electron chi connectivity index (χ3n) is 7.36. The number of hydrogen-bond acceptors (Lipinski definition) is 7. The molecule has 4 unspecified atom stereocenters. The van der Waals surface area contributed by atoms with E-state index in [-0.39, 0.29) is 46.9 Å². The van der Waals surface area contributed by atoms with E-state index < -0.39 is 17.7 Å². The SMILES string of the molecule is [B]C1OC(COC)C(OC)C1OC(C)(C)CC(C)(C)CNC(=O)COC(=O)CCC(C)(C)CC(C)(C)CC. The zero-order valence-corrected chi connectivity index (χ0v) is 25.9. The van der Waals surface area contributed by atoms with Gasteiger partial charge in [0.15, 0.2) is 6.61 Å². The average Bonchev–Trinajstić information content (AvgIpc) is 3.07. The molecule has 0 aromatic heterocycles. The lowest BCUT2D eigenvalue weighted by molar-refractivity contribution is -0.149. The highest BCUT2D eigenvalue weighted by Gasteiger charge is 2.46. The maximum Gasteiger partial charge on any atom is 0.306 e. The van der Waals surface area contributed by atoms with Crippen molar-refractivity contribution in [3.8, 4) is 0 Å². The van der Waals surface area contributed by atoms with E-state index in [0.29, 0.717) is 26.0 Å². The first-order valence-corrected chi connectivity index (χ1v) is 13.9. The summed E-state index contributed by atoms with van der Waals surface area (Å²) in [6.07, 6.45) is 2.69. The van der Waals surface area contributed by atoms with E-state index in [2.05, 4.69) is 53.8 Å². The van der Waals surface area contributed by atoms with Crippen LogP contribution in [-0.4, -0.2) is 83.6 Å². The van der Waals surface area contributed by atoms with E-state index in [0.717, 1.165) is 19.3 Å². The number of rotatable bonds is 17. The zero-order chi connectivity index (χ0) is 29.4. The first kappa shape index (κ1) is 34.9. The molecular formula is C29H54BNO7. The normalized spacial score (nSPS) is 22.9. The Morgan fingerprint density at radius 3 is 2.11 bits per heavy atom. The van der Waals surface area contributed by atoms with E-state index >= 15 is 0 Å². The van der Waals surface area contributed by atoms with Crippen LogP contribution in [0.2, 0.25) is 0 Å². The molecule has 1 aliphatic rings. The lowest BCUT2D eigenvalue weighted by Crippen LogP contribution is -2.46. The van der Waals surface area contributed by atoms with Crippen molar-refractivity contribution < 1.29 is 33.3 Å². The maximum absolute atomic E-state index is 12.4. The van der Waals surface area contributed by atoms with Crippen LogP contribution < -0.4 is 5.32 Å². The predicted molar refractivity (Wildman–Crippen MR) is 150 cm³/mol. The highest BCUT2D eigenvalue weighted by Crippen LogP contribution is 2.39. The van der Waals surface area contributed by atoms with Crippen LogP contribution in [0.1, 0.15) is 94.4 Å². The lowest BCUT2D eigenvalue weighted by Gasteiger charge is -2.38. The molecule has 1 heterocycles. The van der Waals surface area contributed by atoms with Gasteiger partial charge in [-0.3, -0.25) is 9.59 Å². The van der Waals surface area contributed by atoms with Crippen molar-refractivity contribution in [1.82, 2.24) is 5.32 Å². The lowest BCUT2D eigenvalue weighted by atomic mass is 9.72. The van der Waals surface area contributed by atoms with Crippen LogP contribution in [0.5, 0.6) is 0 Å². The molecule has 9 heteroatoms. The van der Waals surface area contributed by atoms with Crippen molar-refractivity contribution in [2.24, 2.45) is 16.2 Å². The summed E-state index contributed by atoms with van der Waals surface area (Å²) < 4.78 is 28.3. The first-order chi connectivity index (χ1) is 17.4. The zero-order valence-electron chi connectivity index (χ0n) is 25.9. The fourth-order valence-electron chi connectivity index (χ4n) is 5.66. The van der Waals surface area contributed by atoms with Gasteiger partial charge in [0.25, 0.3) is 5.91 Å². The van der Waals surface area contributed by atoms with Crippen LogP contribution in [0.25, 0.3) is 0 Å². The second kappa shape index (κ2) is 14.5. The van der Waals surface area contributed by atoms with Gasteiger partial charge in [-0.15, -0.1) is 0 Å². The van der Waals surface area contributed by atoms with E-state index in [1.54, 1.807) is 14.2 Å². The van der Waals surface area contributed by atoms with Gasteiger partial charge in [0.2, 0.25) is 0 Å². The fraction of sp³-hybridized carbons (Fsp3) is 0.931. The number of carbonyl (C=O) groups excluding carboxylic acids is 2. The summed E-state index contributed by atoms with van der Waals surface area (Å²) in [6, 6.07) is -0.624. The second-order valence-electron chi connectivity index (χ2n) is 13.8. The largest absolute Gasteiger partial charge is 0.456 e. The van der Waals surface area contributed by atoms with Gasteiger partial charge in [-0.25, -0.2) is 0 Å². The average molecular weight is 540 g/mol. The molecule has 0 aromatic rings. The molecule has 1 fully saturated rings. The molecule has 220 valence electrons. The van der Waals surface area contributed by atoms with E-state index in [1.165, 1.54) is 0 Å². The Morgan fingerprint density at radius 1 is 0.921 bits per heavy atom. The van der Waals surface area contributed by atoms with Gasteiger partial charge in [0.1, 0.15) is 26.2 Å². The molecule has 2 radical (unpaired) electrons. The van der Waals surface area contributed by atoms with Crippen LogP contribution in [0.3, 0.4) is 0 Å². The minimum atomic E-state index is -0.624. The number of amides is 1. The predicted octanol–water partition coefficient (Wildman–Crippen LogP) is 4.41. The van der Waals surface area contributed by atoms with Crippen LogP contribution in [0, 0.1) is 16.2 Å². The quantitative estimate of drug-likeness (QED) is 0.216. The molecule has 1 N–H and O–H groups in total. The Balaban J connectivity index is 2.50. The second-order valence-corrected chi connectivity index (χ2v) is 13.8. The molecule has 4 atom stereocenters. The Labute approximate surface area is 233 Å². The molecule has 1 amide bonds. The summed E-state index contributed by atoms with van der Waals surface area (Å²) >= 11 is 0. The fourth-order valence-corrected chi connectivity index (χ4v) is 5.66. The van der Waals surface area contributed by atoms with Gasteiger partial charge in [-0.1, -0.05) is 54.9 Å². The van der Waals surface area contributed by atoms with E-state index in [4.69, 9.17) is 31.5 Å². The molecule has 0 aliphatic carbocycles. The number of ether oxygens (including phenoxy) is 5. The smallest absolute Gasteiger partial charge is 0.306 e. The molecule has 0 spiro atoms. The molecule has 1 saturated heterocycles. The molecular weight excluding hydrogens is 485 g/mol. The van der Waals surface area contributed by atoms with Gasteiger partial charge in [0.05, 0.1) is 12.2 Å². The number of hydrogen-bond donors (Lipinski definition) is 1. The monoisotopic (exact) mass is 539 g/mol. The van der Waals surface area contributed by atoms with Crippen LogP contribution >= 0.6 is 0 Å². The van der Waals surface area contributed by atoms with Gasteiger partial charge in [0, 0.05) is 33.2 Å². The summed E-state index contributed by atoms with van der Waals surface area (Å²) in [5, 5.41) is 2.90. The van der Waals surface area contributed by atoms with Crippen LogP contribution in [0.15, 0.2) is 0 Å². The molecule has 38 heavy (non-hydrogen) atoms. The van der Waals surface area contributed by atoms with Gasteiger partial charge >= 0.3 is 5.97 Å². The van der Waals surface area contributed by atoms with Crippen molar-refractivity contribution in [2.75, 3.05) is 34.0 Å². The standard InChI is InChI=1S/C29H54BNO7/c1-12-26(2,3)17-27(4,5)14-13-22(33)36-16-21(32)31-19-28(6,7)18-29(8,9)38-24-23(35-11)20(15-34-10)37-25(24)30/h20,23-25H,12-19H2,1-11H3,(H,31,32). The van der Waals surface area contributed by atoms with Crippen LogP contribution in [-0.2, 0) is 33.3 Å². The topological polar surface area (TPSA) is 92.3 Å². The van der Waals surface area contributed by atoms with E-state index in [9.17, 15) is 9.59 Å². The van der Waals surface area contributed by atoms with Crippen molar-refractivity contribution in [2.45, 2.75) is 124 Å². The number of carbonyl (C=O) groups is 2. The number of methoxy groups -OCH3 is 2. The minimum absolute atomic E-state index is 0.0300. The van der Waals surface area contributed by atoms with Crippen LogP contribution in [0.4, 0.5) is 0 Å². The van der Waals surface area contributed by atoms with Gasteiger partial charge in [-0.2, -0.15) is 0 Å². The van der Waals surface area contributed by atoms with Gasteiger partial charge in [-0.05, 0) is 49.4 Å². The third kappa shape index (κ3) is 12.4. The molecule has 8 nitrogen and oxygen atoms in total. The number of esters is 1. The summed E-state index contributed by atoms with van der Waals surface area (Å²) in [5.74, 6) is -0.657. The molecule has 1 rings (SSSR count). The summed E-state index contributed by atoms with van der Waals surface area (Å²) in [4.78, 5) is 24.7. The Kier molecular flexibility index (Phi) is 13.3. The number of nitrogens with one attached hydrogen (secondary N) is 1. The summed E-state index contributed by atoms with van der Waals surface area (Å²) in [7, 11) is 9.40. The Morgan fingerprint density at radius 2 is 1.55 bits per heavy atom. The van der Waals surface area contributed by atoms with E-state index in [1.807, 2.05) is 13.8 Å². The highest BCUT2D eigenvalue weighted by atomic mass is 16.6. The highest BCUT2D eigenvalue weighted by molar-refractivity contribution is 6.11. The molecule has 0 bridgehead atoms. The molecule has 0 saturated carbocycles. The van der Waals surface area contributed by atoms with Crippen molar-refractivity contribution >= 4 is 19.7 Å². The van der Waals surface area contributed by atoms with Crippen molar-refractivity contribution in [3.63, 3.8) is 0 Å². The Hall–Kier alpha value is -1.16. The summed E-state index contributed by atoms with van der Waals surface area (Å²) in [6.45, 7) is 19.6.